The van der Waals surface area contributed by atoms with Crippen LogP contribution in [0.1, 0.15) is 26.7 Å². The first-order valence-electron chi connectivity index (χ1n) is 7.96. The number of likely N-dealkylation sites (tertiary alicyclic amines) is 1. The first-order valence-corrected chi connectivity index (χ1v) is 8.77. The van der Waals surface area contributed by atoms with Gasteiger partial charge < -0.3 is 15.1 Å². The number of fused-ring (bicyclic) bond motifs is 1. The first-order chi connectivity index (χ1) is 11.1. The molecule has 2 aliphatic rings. The van der Waals surface area contributed by atoms with Crippen LogP contribution in [0.5, 0.6) is 0 Å². The van der Waals surface area contributed by atoms with E-state index in [4.69, 9.17) is 0 Å². The van der Waals surface area contributed by atoms with Gasteiger partial charge in [0.25, 0.3) is 0 Å². The molecule has 3 rings (SSSR count). The smallest absolute Gasteiger partial charge is 0.321 e. The molecule has 1 aromatic carbocycles. The lowest BCUT2D eigenvalue weighted by Crippen LogP contribution is -2.32. The van der Waals surface area contributed by atoms with Gasteiger partial charge in [0.2, 0.25) is 0 Å². The summed E-state index contributed by atoms with van der Waals surface area (Å²) in [6.45, 7) is 6.06. The lowest BCUT2D eigenvalue weighted by atomic mass is 10.2. The Morgan fingerprint density at radius 2 is 2.04 bits per heavy atom. The van der Waals surface area contributed by atoms with Crippen LogP contribution in [0.15, 0.2) is 34.2 Å². The molecular formula is C17H21N3O2S. The number of urea groups is 1. The maximum absolute atomic E-state index is 12.2. The van der Waals surface area contributed by atoms with Gasteiger partial charge in [0.1, 0.15) is 0 Å². The molecule has 1 N–H and O–H groups in total. The molecule has 2 aliphatic heterocycles. The van der Waals surface area contributed by atoms with Crippen LogP contribution in [0.3, 0.4) is 0 Å². The number of benzene rings is 1. The molecule has 0 saturated carbocycles. The summed E-state index contributed by atoms with van der Waals surface area (Å²) in [5.41, 5.74) is 1.84. The van der Waals surface area contributed by atoms with E-state index in [1.54, 1.807) is 24.8 Å². The van der Waals surface area contributed by atoms with Crippen molar-refractivity contribution in [1.29, 1.82) is 0 Å². The first kappa shape index (κ1) is 15.9. The summed E-state index contributed by atoms with van der Waals surface area (Å²) < 4.78 is 0. The van der Waals surface area contributed by atoms with Crippen LogP contribution < -0.4 is 10.2 Å². The topological polar surface area (TPSA) is 52.7 Å². The second-order valence-corrected chi connectivity index (χ2v) is 6.81. The fourth-order valence-electron chi connectivity index (χ4n) is 2.91. The maximum Gasteiger partial charge on any atom is 0.321 e. The Labute approximate surface area is 140 Å². The Morgan fingerprint density at radius 1 is 1.30 bits per heavy atom. The molecular weight excluding hydrogens is 310 g/mol. The number of carbonyl (C=O) groups excluding carboxylic acids is 2. The lowest BCUT2D eigenvalue weighted by molar-refractivity contribution is -0.112. The van der Waals surface area contributed by atoms with Crippen molar-refractivity contribution < 1.29 is 9.59 Å². The molecule has 23 heavy (non-hydrogen) atoms. The molecule has 0 bridgehead atoms. The van der Waals surface area contributed by atoms with E-state index in [0.717, 1.165) is 53.8 Å². The second kappa shape index (κ2) is 6.66. The molecule has 0 unspecified atom stereocenters. The van der Waals surface area contributed by atoms with Gasteiger partial charge in [-0.3, -0.25) is 4.79 Å². The van der Waals surface area contributed by atoms with Crippen LogP contribution in [0.25, 0.3) is 0 Å². The zero-order chi connectivity index (χ0) is 16.4. The van der Waals surface area contributed by atoms with E-state index in [-0.39, 0.29) is 11.8 Å². The lowest BCUT2D eigenvalue weighted by Gasteiger charge is -2.19. The van der Waals surface area contributed by atoms with Gasteiger partial charge in [0.15, 0.2) is 5.78 Å². The minimum Gasteiger partial charge on any atom is -0.335 e. The van der Waals surface area contributed by atoms with Crippen molar-refractivity contribution >= 4 is 35.0 Å². The van der Waals surface area contributed by atoms with Gasteiger partial charge in [-0.15, -0.1) is 0 Å². The number of ketones is 1. The summed E-state index contributed by atoms with van der Waals surface area (Å²) in [6.07, 6.45) is 3.82. The molecule has 1 saturated heterocycles. The monoisotopic (exact) mass is 331 g/mol. The van der Waals surface area contributed by atoms with E-state index in [1.807, 2.05) is 23.1 Å². The molecule has 0 spiro atoms. The molecule has 1 aromatic rings. The molecule has 1 fully saturated rings. The third kappa shape index (κ3) is 3.37. The van der Waals surface area contributed by atoms with Gasteiger partial charge in [-0.25, -0.2) is 4.79 Å². The zero-order valence-corrected chi connectivity index (χ0v) is 14.3. The average molecular weight is 331 g/mol. The van der Waals surface area contributed by atoms with Crippen LogP contribution in [0.2, 0.25) is 0 Å². The van der Waals surface area contributed by atoms with Crippen molar-refractivity contribution in [1.82, 2.24) is 4.90 Å². The maximum atomic E-state index is 12.2. The van der Waals surface area contributed by atoms with E-state index < -0.39 is 0 Å². The van der Waals surface area contributed by atoms with Crippen molar-refractivity contribution in [2.24, 2.45) is 0 Å². The van der Waals surface area contributed by atoms with Crippen molar-refractivity contribution in [2.45, 2.75) is 31.6 Å². The number of carbonyl (C=O) groups is 2. The Balaban J connectivity index is 1.80. The summed E-state index contributed by atoms with van der Waals surface area (Å²) in [5.74, 6) is 0.0429. The van der Waals surface area contributed by atoms with Crippen LogP contribution >= 0.6 is 11.8 Å². The summed E-state index contributed by atoms with van der Waals surface area (Å²) >= 11 is 1.59. The summed E-state index contributed by atoms with van der Waals surface area (Å²) in [6, 6.07) is 5.88. The highest BCUT2D eigenvalue weighted by molar-refractivity contribution is 8.03. The largest absolute Gasteiger partial charge is 0.335 e. The Kier molecular flexibility index (Phi) is 4.61. The number of amides is 2. The average Bonchev–Trinajstić information content (AvgIpc) is 3.13. The van der Waals surface area contributed by atoms with Gasteiger partial charge >= 0.3 is 6.03 Å². The van der Waals surface area contributed by atoms with Crippen molar-refractivity contribution in [3.8, 4) is 0 Å². The fraction of sp³-hybridized carbons (Fsp3) is 0.412. The highest BCUT2D eigenvalue weighted by Crippen LogP contribution is 2.46. The Bertz CT molecular complexity index is 666. The second-order valence-electron chi connectivity index (χ2n) is 5.75. The van der Waals surface area contributed by atoms with E-state index in [9.17, 15) is 9.59 Å². The van der Waals surface area contributed by atoms with E-state index in [0.29, 0.717) is 0 Å². The minimum absolute atomic E-state index is 0.0318. The van der Waals surface area contributed by atoms with Crippen LogP contribution in [-0.4, -0.2) is 36.3 Å². The van der Waals surface area contributed by atoms with E-state index in [1.165, 1.54) is 0 Å². The molecule has 0 aromatic heterocycles. The number of nitrogens with zero attached hydrogens (tertiary/aromatic N) is 2. The molecule has 0 aliphatic carbocycles. The predicted molar refractivity (Wildman–Crippen MR) is 93.9 cm³/mol. The number of hydrogen-bond acceptors (Lipinski definition) is 4. The molecule has 122 valence electrons. The zero-order valence-electron chi connectivity index (χ0n) is 13.5. The van der Waals surface area contributed by atoms with E-state index in [2.05, 4.69) is 17.1 Å². The van der Waals surface area contributed by atoms with E-state index >= 15 is 0 Å². The standard InChI is InChI=1S/C17H21N3O2S/c1-3-20-14-11-13(18-17(22)19-8-4-5-9-19)6-7-15(14)23-16(20)10-12(2)21/h6-7,10-11H,3-5,8-9H2,1-2H3,(H,18,22)/b16-10-. The summed E-state index contributed by atoms with van der Waals surface area (Å²) in [5, 5.41) is 3.92. The molecule has 2 amide bonds. The highest BCUT2D eigenvalue weighted by atomic mass is 32.2. The SMILES string of the molecule is CCN1/C(=C/C(C)=O)Sc2ccc(NC(=O)N3CCCC3)cc21. The van der Waals surface area contributed by atoms with Crippen LogP contribution in [0, 0.1) is 0 Å². The van der Waals surface area contributed by atoms with Gasteiger partial charge in [0, 0.05) is 36.3 Å². The number of rotatable bonds is 3. The summed E-state index contributed by atoms with van der Waals surface area (Å²) in [4.78, 5) is 28.7. The van der Waals surface area contributed by atoms with Gasteiger partial charge in [-0.2, -0.15) is 0 Å². The highest BCUT2D eigenvalue weighted by Gasteiger charge is 2.25. The third-order valence-electron chi connectivity index (χ3n) is 4.02. The fourth-order valence-corrected chi connectivity index (χ4v) is 4.11. The Hall–Kier alpha value is -1.95. The molecule has 0 atom stereocenters. The molecule has 2 heterocycles. The van der Waals surface area contributed by atoms with Crippen LogP contribution in [-0.2, 0) is 4.79 Å². The van der Waals surface area contributed by atoms with Crippen molar-refractivity contribution in [3.63, 3.8) is 0 Å². The van der Waals surface area contributed by atoms with Gasteiger partial charge in [-0.05, 0) is 44.9 Å². The third-order valence-corrected chi connectivity index (χ3v) is 5.13. The molecule has 6 heteroatoms. The van der Waals surface area contributed by atoms with Gasteiger partial charge in [-0.1, -0.05) is 11.8 Å². The number of anilines is 2. The number of nitrogens with one attached hydrogen (secondary N) is 1. The van der Waals surface area contributed by atoms with Gasteiger partial charge in [0.05, 0.1) is 10.7 Å². The molecule has 0 radical (unpaired) electrons. The predicted octanol–water partition coefficient (Wildman–Crippen LogP) is 3.68. The van der Waals surface area contributed by atoms with Crippen molar-refractivity contribution in [2.75, 3.05) is 29.9 Å². The summed E-state index contributed by atoms with van der Waals surface area (Å²) in [7, 11) is 0. The Morgan fingerprint density at radius 3 is 2.70 bits per heavy atom. The number of allylic oxidation sites excluding steroid dienone is 1. The van der Waals surface area contributed by atoms with Crippen molar-refractivity contribution in [3.05, 3.63) is 29.3 Å². The van der Waals surface area contributed by atoms with Crippen LogP contribution in [0.4, 0.5) is 16.2 Å². The quantitative estimate of drug-likeness (QED) is 0.859. The molecule has 5 nitrogen and oxygen atoms in total. The normalized spacial score (nSPS) is 18.4. The minimum atomic E-state index is -0.0318. The number of thioether (sulfide) groups is 1. The number of hydrogen-bond donors (Lipinski definition) is 1.